The van der Waals surface area contributed by atoms with Crippen molar-refractivity contribution in [2.45, 2.75) is 13.0 Å². The largest absolute Gasteiger partial charge is 0.379 e. The number of hydrogen-bond acceptors (Lipinski definition) is 4. The second-order valence-electron chi connectivity index (χ2n) is 5.89. The first-order chi connectivity index (χ1) is 11.0. The van der Waals surface area contributed by atoms with Gasteiger partial charge in [0.25, 0.3) is 0 Å². The maximum absolute atomic E-state index is 12.0. The van der Waals surface area contributed by atoms with Gasteiger partial charge in [-0.3, -0.25) is 4.90 Å². The van der Waals surface area contributed by atoms with Crippen LogP contribution in [0, 0.1) is 0 Å². The number of morpholine rings is 1. The van der Waals surface area contributed by atoms with Gasteiger partial charge in [-0.1, -0.05) is 11.6 Å². The molecule has 1 atom stereocenters. The third-order valence-corrected chi connectivity index (χ3v) is 4.22. The van der Waals surface area contributed by atoms with E-state index in [-0.39, 0.29) is 12.1 Å². The minimum Gasteiger partial charge on any atom is -0.379 e. The third-order valence-electron chi connectivity index (χ3n) is 3.91. The molecule has 1 aromatic rings. The summed E-state index contributed by atoms with van der Waals surface area (Å²) in [7, 11) is 3.85. The zero-order chi connectivity index (χ0) is 16.8. The van der Waals surface area contributed by atoms with Gasteiger partial charge in [0.05, 0.1) is 23.9 Å². The molecule has 23 heavy (non-hydrogen) atoms. The van der Waals surface area contributed by atoms with Crippen molar-refractivity contribution in [1.29, 1.82) is 0 Å². The van der Waals surface area contributed by atoms with E-state index in [9.17, 15) is 4.79 Å². The van der Waals surface area contributed by atoms with Gasteiger partial charge in [-0.25, -0.2) is 4.79 Å². The molecule has 0 radical (unpaired) electrons. The Bertz CT molecular complexity index is 533. The van der Waals surface area contributed by atoms with Gasteiger partial charge < -0.3 is 20.3 Å². The van der Waals surface area contributed by atoms with E-state index in [1.165, 1.54) is 0 Å². The van der Waals surface area contributed by atoms with Crippen LogP contribution in [0.2, 0.25) is 5.02 Å². The van der Waals surface area contributed by atoms with Gasteiger partial charge in [0, 0.05) is 45.5 Å². The number of rotatable bonds is 5. The lowest BCUT2D eigenvalue weighted by Crippen LogP contribution is -2.47. The second kappa shape index (κ2) is 8.38. The van der Waals surface area contributed by atoms with Crippen LogP contribution in [-0.2, 0) is 4.74 Å². The summed E-state index contributed by atoms with van der Waals surface area (Å²) in [5.74, 6) is 0. The Morgan fingerprint density at radius 1 is 1.39 bits per heavy atom. The Hall–Kier alpha value is -1.50. The van der Waals surface area contributed by atoms with Crippen LogP contribution in [0.1, 0.15) is 6.92 Å². The summed E-state index contributed by atoms with van der Waals surface area (Å²) in [6, 6.07) is 5.53. The Kier molecular flexibility index (Phi) is 6.50. The Balaban J connectivity index is 1.81. The van der Waals surface area contributed by atoms with Gasteiger partial charge in [0.1, 0.15) is 0 Å². The van der Waals surface area contributed by atoms with E-state index in [1.54, 1.807) is 6.07 Å². The summed E-state index contributed by atoms with van der Waals surface area (Å²) < 4.78 is 5.33. The highest BCUT2D eigenvalue weighted by Gasteiger charge is 2.17. The smallest absolute Gasteiger partial charge is 0.319 e. The van der Waals surface area contributed by atoms with Crippen LogP contribution in [-0.4, -0.2) is 63.9 Å². The first-order valence-electron chi connectivity index (χ1n) is 7.81. The van der Waals surface area contributed by atoms with E-state index >= 15 is 0 Å². The summed E-state index contributed by atoms with van der Waals surface area (Å²) in [6.45, 7) is 6.03. The molecule has 0 aliphatic carbocycles. The van der Waals surface area contributed by atoms with Gasteiger partial charge in [0.2, 0.25) is 0 Å². The summed E-state index contributed by atoms with van der Waals surface area (Å²) in [5.41, 5.74) is 1.59. The molecule has 0 aromatic heterocycles. The monoisotopic (exact) mass is 340 g/mol. The maximum Gasteiger partial charge on any atom is 0.319 e. The number of nitrogens with zero attached hydrogens (tertiary/aromatic N) is 2. The number of carbonyl (C=O) groups excluding carboxylic acids is 1. The fraction of sp³-hybridized carbons (Fsp3) is 0.562. The van der Waals surface area contributed by atoms with E-state index in [4.69, 9.17) is 16.3 Å². The SMILES string of the molecule is C[C@@H](CNC(=O)Nc1ccc(N(C)C)c(Cl)c1)N1CCOCC1. The Morgan fingerprint density at radius 3 is 2.70 bits per heavy atom. The number of hydrogen-bond donors (Lipinski definition) is 2. The number of carbonyl (C=O) groups is 1. The van der Waals surface area contributed by atoms with E-state index in [1.807, 2.05) is 31.1 Å². The van der Waals surface area contributed by atoms with Crippen molar-refractivity contribution in [1.82, 2.24) is 10.2 Å². The fourth-order valence-corrected chi connectivity index (χ4v) is 2.86. The molecule has 1 aromatic carbocycles. The van der Waals surface area contributed by atoms with E-state index in [2.05, 4.69) is 22.5 Å². The summed E-state index contributed by atoms with van der Waals surface area (Å²) in [4.78, 5) is 16.2. The third kappa shape index (κ3) is 5.27. The lowest BCUT2D eigenvalue weighted by atomic mass is 10.2. The molecule has 0 bridgehead atoms. The van der Waals surface area contributed by atoms with Crippen LogP contribution in [0.5, 0.6) is 0 Å². The zero-order valence-electron chi connectivity index (χ0n) is 13.9. The summed E-state index contributed by atoms with van der Waals surface area (Å²) in [5, 5.41) is 6.32. The van der Waals surface area contributed by atoms with Gasteiger partial charge in [-0.05, 0) is 25.1 Å². The first kappa shape index (κ1) is 17.8. The molecule has 2 N–H and O–H groups in total. The van der Waals surface area contributed by atoms with Crippen LogP contribution in [0.15, 0.2) is 18.2 Å². The number of urea groups is 1. The predicted octanol–water partition coefficient (Wildman–Crippen LogP) is 2.25. The van der Waals surface area contributed by atoms with Crippen LogP contribution < -0.4 is 15.5 Å². The normalized spacial score (nSPS) is 16.7. The van der Waals surface area contributed by atoms with E-state index in [0.717, 1.165) is 32.0 Å². The summed E-state index contributed by atoms with van der Waals surface area (Å²) in [6.07, 6.45) is 0. The standard InChI is InChI=1S/C16H25ClN4O2/c1-12(21-6-8-23-9-7-21)11-18-16(22)19-13-4-5-15(20(2)3)14(17)10-13/h4-5,10,12H,6-9,11H2,1-3H3,(H2,18,19,22)/t12-/m0/s1. The minimum absolute atomic E-state index is 0.223. The lowest BCUT2D eigenvalue weighted by molar-refractivity contribution is 0.0209. The molecule has 0 spiro atoms. The lowest BCUT2D eigenvalue weighted by Gasteiger charge is -2.32. The van der Waals surface area contributed by atoms with Crippen LogP contribution >= 0.6 is 11.6 Å². The summed E-state index contributed by atoms with van der Waals surface area (Å²) >= 11 is 6.21. The van der Waals surface area contributed by atoms with Crippen LogP contribution in [0.4, 0.5) is 16.2 Å². The topological polar surface area (TPSA) is 56.8 Å². The zero-order valence-corrected chi connectivity index (χ0v) is 14.7. The molecule has 0 unspecified atom stereocenters. The van der Waals surface area contributed by atoms with Crippen molar-refractivity contribution in [3.8, 4) is 0 Å². The predicted molar refractivity (Wildman–Crippen MR) is 94.7 cm³/mol. The highest BCUT2D eigenvalue weighted by molar-refractivity contribution is 6.33. The van der Waals surface area contributed by atoms with Crippen molar-refractivity contribution in [3.05, 3.63) is 23.2 Å². The van der Waals surface area contributed by atoms with Crippen LogP contribution in [0.3, 0.4) is 0 Å². The molecule has 6 nitrogen and oxygen atoms in total. The number of ether oxygens (including phenoxy) is 1. The highest BCUT2D eigenvalue weighted by atomic mass is 35.5. The first-order valence-corrected chi connectivity index (χ1v) is 8.18. The molecule has 1 aliphatic rings. The Labute approximate surface area is 142 Å². The van der Waals surface area contributed by atoms with Gasteiger partial charge in [-0.15, -0.1) is 0 Å². The van der Waals surface area contributed by atoms with Gasteiger partial charge in [-0.2, -0.15) is 0 Å². The van der Waals surface area contributed by atoms with Gasteiger partial charge in [0.15, 0.2) is 0 Å². The number of benzene rings is 1. The number of halogens is 1. The van der Waals surface area contributed by atoms with Crippen molar-refractivity contribution in [2.75, 3.05) is 57.2 Å². The average molecular weight is 341 g/mol. The minimum atomic E-state index is -0.223. The molecule has 7 heteroatoms. The number of amides is 2. The van der Waals surface area contributed by atoms with Gasteiger partial charge >= 0.3 is 6.03 Å². The molecule has 1 fully saturated rings. The van der Waals surface area contributed by atoms with Crippen molar-refractivity contribution >= 4 is 29.0 Å². The molecule has 0 saturated carbocycles. The average Bonchev–Trinajstić information content (AvgIpc) is 2.53. The molecule has 1 heterocycles. The van der Waals surface area contributed by atoms with Crippen molar-refractivity contribution in [2.24, 2.45) is 0 Å². The second-order valence-corrected chi connectivity index (χ2v) is 6.30. The highest BCUT2D eigenvalue weighted by Crippen LogP contribution is 2.27. The van der Waals surface area contributed by atoms with E-state index < -0.39 is 0 Å². The number of anilines is 2. The quantitative estimate of drug-likeness (QED) is 0.863. The molecule has 2 rings (SSSR count). The number of nitrogens with one attached hydrogen (secondary N) is 2. The Morgan fingerprint density at radius 2 is 2.09 bits per heavy atom. The van der Waals surface area contributed by atoms with Crippen molar-refractivity contribution < 1.29 is 9.53 Å². The molecular weight excluding hydrogens is 316 g/mol. The molecule has 2 amide bonds. The molecule has 1 saturated heterocycles. The molecule has 1 aliphatic heterocycles. The molecule has 128 valence electrons. The maximum atomic E-state index is 12.0. The van der Waals surface area contributed by atoms with E-state index in [0.29, 0.717) is 17.3 Å². The molecular formula is C16H25ClN4O2. The van der Waals surface area contributed by atoms with Crippen LogP contribution in [0.25, 0.3) is 0 Å². The van der Waals surface area contributed by atoms with Crippen molar-refractivity contribution in [3.63, 3.8) is 0 Å². The fourth-order valence-electron chi connectivity index (χ4n) is 2.51.